The fourth-order valence-corrected chi connectivity index (χ4v) is 2.56. The van der Waals surface area contributed by atoms with Crippen LogP contribution in [0.2, 0.25) is 0 Å². The normalized spacial score (nSPS) is 25.8. The molecule has 1 N–H and O–H groups in total. The predicted molar refractivity (Wildman–Crippen MR) is 73.4 cm³/mol. The number of amides is 2. The molecule has 1 fully saturated rings. The smallest absolute Gasteiger partial charge is 0.233 e. The lowest BCUT2D eigenvalue weighted by molar-refractivity contribution is -0.128. The average molecular weight is 343 g/mol. The highest BCUT2D eigenvalue weighted by molar-refractivity contribution is 14.1. The molecule has 0 aliphatic carbocycles. The lowest BCUT2D eigenvalue weighted by Gasteiger charge is -2.28. The third-order valence-electron chi connectivity index (χ3n) is 3.63. The number of nitrogens with one attached hydrogen (secondary N) is 1. The predicted octanol–water partition coefficient (Wildman–Crippen LogP) is 2.45. The number of imide groups is 1. The fraction of sp³-hybridized carbons (Fsp3) is 0.385. The molecular formula is C13H14INO2. The van der Waals surface area contributed by atoms with E-state index >= 15 is 0 Å². The van der Waals surface area contributed by atoms with Gasteiger partial charge < -0.3 is 0 Å². The van der Waals surface area contributed by atoms with E-state index in [-0.39, 0.29) is 24.2 Å². The van der Waals surface area contributed by atoms with Gasteiger partial charge in [0, 0.05) is 9.99 Å². The van der Waals surface area contributed by atoms with E-state index in [1.54, 1.807) is 0 Å². The highest BCUT2D eigenvalue weighted by Crippen LogP contribution is 2.41. The monoisotopic (exact) mass is 343 g/mol. The Labute approximate surface area is 114 Å². The van der Waals surface area contributed by atoms with Gasteiger partial charge in [-0.05, 0) is 53.1 Å². The van der Waals surface area contributed by atoms with Crippen LogP contribution in [0, 0.1) is 8.99 Å². The van der Waals surface area contributed by atoms with Crippen molar-refractivity contribution in [3.8, 4) is 0 Å². The standard InChI is InChI=1S/C13H14INO2/c1-8(9-3-5-10(14)6-4-9)13(2)7-11(16)15-12(13)17/h3-6,8H,7H2,1-2H3,(H,15,16,17)/t8-,13+/m1/s1. The van der Waals surface area contributed by atoms with Crippen molar-refractivity contribution in [3.05, 3.63) is 33.4 Å². The molecule has 90 valence electrons. The zero-order valence-corrected chi connectivity index (χ0v) is 11.9. The van der Waals surface area contributed by atoms with E-state index in [2.05, 4.69) is 27.9 Å². The zero-order chi connectivity index (χ0) is 12.6. The number of carbonyl (C=O) groups excluding carboxylic acids is 2. The first-order valence-corrected chi connectivity index (χ1v) is 6.61. The van der Waals surface area contributed by atoms with E-state index in [0.29, 0.717) is 0 Å². The topological polar surface area (TPSA) is 46.2 Å². The summed E-state index contributed by atoms with van der Waals surface area (Å²) in [5, 5.41) is 2.39. The molecular weight excluding hydrogens is 329 g/mol. The number of halogens is 1. The van der Waals surface area contributed by atoms with E-state index in [9.17, 15) is 9.59 Å². The van der Waals surface area contributed by atoms with Gasteiger partial charge in [0.2, 0.25) is 11.8 Å². The summed E-state index contributed by atoms with van der Waals surface area (Å²) in [5.74, 6) is -0.297. The molecule has 4 heteroatoms. The van der Waals surface area contributed by atoms with Crippen LogP contribution in [0.4, 0.5) is 0 Å². The average Bonchev–Trinajstić information content (AvgIpc) is 2.54. The maximum Gasteiger partial charge on any atom is 0.233 e. The van der Waals surface area contributed by atoms with E-state index in [1.807, 2.05) is 38.1 Å². The van der Waals surface area contributed by atoms with Gasteiger partial charge in [0.05, 0.1) is 5.41 Å². The molecule has 0 spiro atoms. The summed E-state index contributed by atoms with van der Waals surface area (Å²) in [4.78, 5) is 23.2. The van der Waals surface area contributed by atoms with Crippen molar-refractivity contribution < 1.29 is 9.59 Å². The summed E-state index contributed by atoms with van der Waals surface area (Å²) in [7, 11) is 0. The zero-order valence-electron chi connectivity index (χ0n) is 9.79. The molecule has 1 aliphatic rings. The number of carbonyl (C=O) groups is 2. The van der Waals surface area contributed by atoms with Crippen LogP contribution >= 0.6 is 22.6 Å². The summed E-state index contributed by atoms with van der Waals surface area (Å²) in [6, 6.07) is 8.08. The van der Waals surface area contributed by atoms with Gasteiger partial charge in [-0.15, -0.1) is 0 Å². The molecule has 1 aromatic carbocycles. The molecule has 2 rings (SSSR count). The molecule has 17 heavy (non-hydrogen) atoms. The second-order valence-corrected chi connectivity index (χ2v) is 5.99. The Morgan fingerprint density at radius 3 is 2.35 bits per heavy atom. The third kappa shape index (κ3) is 2.22. The third-order valence-corrected chi connectivity index (χ3v) is 4.34. The van der Waals surface area contributed by atoms with Crippen LogP contribution in [-0.4, -0.2) is 11.8 Å². The van der Waals surface area contributed by atoms with Crippen LogP contribution < -0.4 is 5.32 Å². The van der Waals surface area contributed by atoms with Gasteiger partial charge in [0.15, 0.2) is 0 Å². The van der Waals surface area contributed by atoms with Gasteiger partial charge in [0.25, 0.3) is 0 Å². The van der Waals surface area contributed by atoms with Crippen molar-refractivity contribution in [2.75, 3.05) is 0 Å². The van der Waals surface area contributed by atoms with E-state index < -0.39 is 5.41 Å². The number of benzene rings is 1. The highest BCUT2D eigenvalue weighted by atomic mass is 127. The Hall–Kier alpha value is -0.910. The van der Waals surface area contributed by atoms with E-state index in [1.165, 1.54) is 0 Å². The molecule has 2 amide bonds. The number of hydrogen-bond donors (Lipinski definition) is 1. The highest BCUT2D eigenvalue weighted by Gasteiger charge is 2.46. The van der Waals surface area contributed by atoms with Gasteiger partial charge in [-0.3, -0.25) is 14.9 Å². The Morgan fingerprint density at radius 1 is 1.29 bits per heavy atom. The molecule has 1 heterocycles. The first-order valence-electron chi connectivity index (χ1n) is 5.53. The Morgan fingerprint density at radius 2 is 1.88 bits per heavy atom. The van der Waals surface area contributed by atoms with Gasteiger partial charge in [-0.1, -0.05) is 19.1 Å². The molecule has 1 aromatic rings. The lowest BCUT2D eigenvalue weighted by Crippen LogP contribution is -2.33. The van der Waals surface area contributed by atoms with Crippen molar-refractivity contribution in [3.63, 3.8) is 0 Å². The van der Waals surface area contributed by atoms with Crippen molar-refractivity contribution in [1.29, 1.82) is 0 Å². The van der Waals surface area contributed by atoms with Crippen molar-refractivity contribution in [1.82, 2.24) is 5.32 Å². The molecule has 2 atom stereocenters. The Kier molecular flexibility index (Phi) is 3.25. The van der Waals surface area contributed by atoms with Gasteiger partial charge >= 0.3 is 0 Å². The second-order valence-electron chi connectivity index (χ2n) is 4.74. The number of hydrogen-bond acceptors (Lipinski definition) is 2. The van der Waals surface area contributed by atoms with Crippen LogP contribution in [0.25, 0.3) is 0 Å². The van der Waals surface area contributed by atoms with Crippen LogP contribution in [0.5, 0.6) is 0 Å². The molecule has 0 aromatic heterocycles. The van der Waals surface area contributed by atoms with E-state index in [0.717, 1.165) is 9.13 Å². The summed E-state index contributed by atoms with van der Waals surface area (Å²) in [6.45, 7) is 3.86. The molecule has 1 saturated heterocycles. The molecule has 0 unspecified atom stereocenters. The van der Waals surface area contributed by atoms with Crippen LogP contribution in [-0.2, 0) is 9.59 Å². The maximum absolute atomic E-state index is 11.9. The van der Waals surface area contributed by atoms with Crippen LogP contribution in [0.3, 0.4) is 0 Å². The van der Waals surface area contributed by atoms with Crippen molar-refractivity contribution in [2.24, 2.45) is 5.41 Å². The minimum absolute atomic E-state index is 0.0333. The summed E-state index contributed by atoms with van der Waals surface area (Å²) >= 11 is 2.25. The van der Waals surface area contributed by atoms with Gasteiger partial charge in [-0.25, -0.2) is 0 Å². The van der Waals surface area contributed by atoms with Crippen LogP contribution in [0.1, 0.15) is 31.7 Å². The maximum atomic E-state index is 11.9. The summed E-state index contributed by atoms with van der Waals surface area (Å²) in [5.41, 5.74) is 0.474. The fourth-order valence-electron chi connectivity index (χ4n) is 2.20. The van der Waals surface area contributed by atoms with E-state index in [4.69, 9.17) is 0 Å². The van der Waals surface area contributed by atoms with Gasteiger partial charge in [-0.2, -0.15) is 0 Å². The number of rotatable bonds is 2. The molecule has 3 nitrogen and oxygen atoms in total. The summed E-state index contributed by atoms with van der Waals surface area (Å²) in [6.07, 6.45) is 0.277. The minimum Gasteiger partial charge on any atom is -0.296 e. The molecule has 0 radical (unpaired) electrons. The molecule has 0 saturated carbocycles. The van der Waals surface area contributed by atoms with Crippen molar-refractivity contribution >= 4 is 34.4 Å². The lowest BCUT2D eigenvalue weighted by atomic mass is 9.73. The van der Waals surface area contributed by atoms with Crippen molar-refractivity contribution in [2.45, 2.75) is 26.2 Å². The molecule has 0 bridgehead atoms. The Balaban J connectivity index is 2.31. The Bertz CT molecular complexity index is 469. The van der Waals surface area contributed by atoms with Gasteiger partial charge in [0.1, 0.15) is 0 Å². The summed E-state index contributed by atoms with van der Waals surface area (Å²) < 4.78 is 1.16. The van der Waals surface area contributed by atoms with Crippen LogP contribution in [0.15, 0.2) is 24.3 Å². The largest absolute Gasteiger partial charge is 0.296 e. The molecule has 1 aliphatic heterocycles. The minimum atomic E-state index is -0.621. The quantitative estimate of drug-likeness (QED) is 0.662. The first-order chi connectivity index (χ1) is 7.93. The first kappa shape index (κ1) is 12.5. The second kappa shape index (κ2) is 4.40. The SMILES string of the molecule is C[C@H](c1ccc(I)cc1)[C@]1(C)CC(=O)NC1=O.